The lowest BCUT2D eigenvalue weighted by Crippen LogP contribution is -2.30. The summed E-state index contributed by atoms with van der Waals surface area (Å²) in [4.78, 5) is 14.3. The predicted octanol–water partition coefficient (Wildman–Crippen LogP) is 4.65. The summed E-state index contributed by atoms with van der Waals surface area (Å²) in [5.41, 5.74) is 1.63. The van der Waals surface area contributed by atoms with Crippen LogP contribution in [0.3, 0.4) is 0 Å². The maximum atomic E-state index is 12.6. The summed E-state index contributed by atoms with van der Waals surface area (Å²) >= 11 is 0. The lowest BCUT2D eigenvalue weighted by Gasteiger charge is -2.24. The van der Waals surface area contributed by atoms with Crippen LogP contribution in [0.4, 0.5) is 5.69 Å². The average Bonchev–Trinajstić information content (AvgIpc) is 3.45. The van der Waals surface area contributed by atoms with Crippen molar-refractivity contribution in [2.45, 2.75) is 11.4 Å². The van der Waals surface area contributed by atoms with Crippen LogP contribution in [0.25, 0.3) is 0 Å². The standard InChI is InChI=1S/C25H18N2O5S/c28-25(18-7-2-1-3-8-18)32-20-14-12-19(13-15-20)27(17-21-9-6-16-31-21)24-22-10-4-5-11-23(22)33(29,30)26-24/h1-16H,17H2. The Morgan fingerprint density at radius 3 is 2.33 bits per heavy atom. The Morgan fingerprint density at radius 1 is 0.879 bits per heavy atom. The number of furan rings is 1. The maximum Gasteiger partial charge on any atom is 0.343 e. The summed E-state index contributed by atoms with van der Waals surface area (Å²) in [7, 11) is -3.80. The summed E-state index contributed by atoms with van der Waals surface area (Å²) in [5, 5.41) is 0. The summed E-state index contributed by atoms with van der Waals surface area (Å²) in [6.07, 6.45) is 1.56. The number of hydrogen-bond donors (Lipinski definition) is 0. The maximum absolute atomic E-state index is 12.6. The fourth-order valence-electron chi connectivity index (χ4n) is 3.56. The number of nitrogens with zero attached hydrogens (tertiary/aromatic N) is 2. The Balaban J connectivity index is 1.48. The molecule has 0 aliphatic carbocycles. The Kier molecular flexibility index (Phi) is 5.27. The van der Waals surface area contributed by atoms with Crippen molar-refractivity contribution in [3.05, 3.63) is 114 Å². The van der Waals surface area contributed by atoms with Crippen LogP contribution in [0.5, 0.6) is 5.75 Å². The van der Waals surface area contributed by atoms with Gasteiger partial charge < -0.3 is 14.1 Å². The van der Waals surface area contributed by atoms with Crippen molar-refractivity contribution in [3.63, 3.8) is 0 Å². The topological polar surface area (TPSA) is 89.2 Å². The Bertz CT molecular complexity index is 1430. The highest BCUT2D eigenvalue weighted by atomic mass is 32.2. The normalized spacial score (nSPS) is 13.8. The van der Waals surface area contributed by atoms with E-state index in [0.29, 0.717) is 34.2 Å². The summed E-state index contributed by atoms with van der Waals surface area (Å²) in [6, 6.07) is 25.8. The molecule has 2 heterocycles. The third-order valence-electron chi connectivity index (χ3n) is 5.13. The van der Waals surface area contributed by atoms with Gasteiger partial charge in [0.05, 0.1) is 18.4 Å². The van der Waals surface area contributed by atoms with Gasteiger partial charge >= 0.3 is 5.97 Å². The number of benzene rings is 3. The largest absolute Gasteiger partial charge is 0.467 e. The Morgan fingerprint density at radius 2 is 1.61 bits per heavy atom. The van der Waals surface area contributed by atoms with Crippen molar-refractivity contribution in [1.29, 1.82) is 0 Å². The van der Waals surface area contributed by atoms with Gasteiger partial charge in [-0.25, -0.2) is 4.79 Å². The lowest BCUT2D eigenvalue weighted by molar-refractivity contribution is 0.0734. The van der Waals surface area contributed by atoms with Gasteiger partial charge in [0.15, 0.2) is 5.84 Å². The van der Waals surface area contributed by atoms with Gasteiger partial charge in [0, 0.05) is 11.3 Å². The Hall–Kier alpha value is -4.17. The van der Waals surface area contributed by atoms with Crippen LogP contribution in [0, 0.1) is 0 Å². The van der Waals surface area contributed by atoms with Crippen molar-refractivity contribution >= 4 is 27.5 Å². The number of hydrogen-bond acceptors (Lipinski definition) is 6. The van der Waals surface area contributed by atoms with Crippen LogP contribution < -0.4 is 9.64 Å². The zero-order chi connectivity index (χ0) is 22.8. The van der Waals surface area contributed by atoms with E-state index in [4.69, 9.17) is 9.15 Å². The smallest absolute Gasteiger partial charge is 0.343 e. The molecule has 3 aromatic carbocycles. The highest BCUT2D eigenvalue weighted by Gasteiger charge is 2.32. The van der Waals surface area contributed by atoms with Gasteiger partial charge in [-0.2, -0.15) is 8.42 Å². The van der Waals surface area contributed by atoms with Crippen LogP contribution in [0.2, 0.25) is 0 Å². The number of esters is 1. The van der Waals surface area contributed by atoms with Gasteiger partial charge in [0.1, 0.15) is 16.4 Å². The SMILES string of the molecule is O=C(Oc1ccc(N(Cc2ccco2)C2=NS(=O)(=O)c3ccccc32)cc1)c1ccccc1. The first-order valence-electron chi connectivity index (χ1n) is 10.1. The fraction of sp³-hybridized carbons (Fsp3) is 0.0400. The molecule has 0 amide bonds. The average molecular weight is 458 g/mol. The molecule has 164 valence electrons. The molecule has 0 bridgehead atoms. The molecule has 7 nitrogen and oxygen atoms in total. The number of sulfonamides is 1. The van der Waals surface area contributed by atoms with Gasteiger partial charge in [-0.05, 0) is 60.7 Å². The van der Waals surface area contributed by atoms with E-state index in [-0.39, 0.29) is 11.4 Å². The Labute approximate surface area is 190 Å². The van der Waals surface area contributed by atoms with Crippen LogP contribution in [-0.4, -0.2) is 20.2 Å². The first kappa shape index (κ1) is 20.7. The van der Waals surface area contributed by atoms with E-state index in [1.165, 1.54) is 0 Å². The van der Waals surface area contributed by atoms with Gasteiger partial charge in [0.25, 0.3) is 10.0 Å². The molecule has 5 rings (SSSR count). The number of carbonyl (C=O) groups is 1. The van der Waals surface area contributed by atoms with Crippen LogP contribution in [0.1, 0.15) is 21.7 Å². The minimum atomic E-state index is -3.80. The molecule has 0 fully saturated rings. The molecule has 1 aliphatic heterocycles. The van der Waals surface area contributed by atoms with E-state index in [0.717, 1.165) is 0 Å². The van der Waals surface area contributed by atoms with Crippen molar-refractivity contribution in [2.75, 3.05) is 4.90 Å². The van der Waals surface area contributed by atoms with E-state index in [1.54, 1.807) is 96.1 Å². The third kappa shape index (κ3) is 4.16. The number of anilines is 1. The number of amidine groups is 1. The summed E-state index contributed by atoms with van der Waals surface area (Å²) in [5.74, 6) is 0.845. The molecular formula is C25H18N2O5S. The molecule has 4 aromatic rings. The molecule has 0 unspecified atom stereocenters. The van der Waals surface area contributed by atoms with E-state index >= 15 is 0 Å². The van der Waals surface area contributed by atoms with Crippen LogP contribution in [0.15, 0.2) is 111 Å². The van der Waals surface area contributed by atoms with E-state index in [2.05, 4.69) is 4.40 Å². The molecule has 0 spiro atoms. The van der Waals surface area contributed by atoms with Gasteiger partial charge in [-0.1, -0.05) is 30.3 Å². The van der Waals surface area contributed by atoms with E-state index < -0.39 is 16.0 Å². The van der Waals surface area contributed by atoms with E-state index in [9.17, 15) is 13.2 Å². The second-order valence-corrected chi connectivity index (χ2v) is 8.87. The van der Waals surface area contributed by atoms with E-state index in [1.807, 2.05) is 6.07 Å². The zero-order valence-electron chi connectivity index (χ0n) is 17.3. The summed E-state index contributed by atoms with van der Waals surface area (Å²) in [6.45, 7) is 0.263. The monoisotopic (exact) mass is 458 g/mol. The second-order valence-electron chi connectivity index (χ2n) is 7.30. The van der Waals surface area contributed by atoms with Crippen molar-refractivity contribution < 1.29 is 22.4 Å². The van der Waals surface area contributed by atoms with Crippen LogP contribution >= 0.6 is 0 Å². The second kappa shape index (κ2) is 8.40. The fourth-order valence-corrected chi connectivity index (χ4v) is 4.78. The lowest BCUT2D eigenvalue weighted by atomic mass is 10.1. The van der Waals surface area contributed by atoms with Crippen molar-refractivity contribution in [2.24, 2.45) is 4.40 Å². The minimum Gasteiger partial charge on any atom is -0.467 e. The number of ether oxygens (including phenoxy) is 1. The first-order valence-corrected chi connectivity index (χ1v) is 11.6. The molecule has 1 aromatic heterocycles. The number of carbonyl (C=O) groups excluding carboxylic acids is 1. The quantitative estimate of drug-likeness (QED) is 0.319. The number of fused-ring (bicyclic) bond motifs is 1. The number of rotatable bonds is 5. The third-order valence-corrected chi connectivity index (χ3v) is 6.46. The summed E-state index contributed by atoms with van der Waals surface area (Å²) < 4.78 is 40.2. The molecule has 33 heavy (non-hydrogen) atoms. The van der Waals surface area contributed by atoms with Crippen molar-refractivity contribution in [3.8, 4) is 5.75 Å². The minimum absolute atomic E-state index is 0.165. The molecule has 0 saturated heterocycles. The molecular weight excluding hydrogens is 440 g/mol. The van der Waals surface area contributed by atoms with Gasteiger partial charge in [0.2, 0.25) is 0 Å². The molecule has 0 N–H and O–H groups in total. The zero-order valence-corrected chi connectivity index (χ0v) is 18.1. The molecule has 8 heteroatoms. The molecule has 0 saturated carbocycles. The first-order chi connectivity index (χ1) is 16.0. The predicted molar refractivity (Wildman–Crippen MR) is 123 cm³/mol. The highest BCUT2D eigenvalue weighted by molar-refractivity contribution is 7.90. The van der Waals surface area contributed by atoms with Crippen LogP contribution in [-0.2, 0) is 16.6 Å². The molecule has 0 radical (unpaired) electrons. The highest BCUT2D eigenvalue weighted by Crippen LogP contribution is 2.31. The van der Waals surface area contributed by atoms with Gasteiger partial charge in [-0.15, -0.1) is 4.40 Å². The molecule has 1 aliphatic rings. The van der Waals surface area contributed by atoms with Crippen molar-refractivity contribution in [1.82, 2.24) is 0 Å². The van der Waals surface area contributed by atoms with Gasteiger partial charge in [-0.3, -0.25) is 0 Å². The molecule has 0 atom stereocenters.